The smallest absolute Gasteiger partial charge is 0.260 e. The zero-order chi connectivity index (χ0) is 17.7. The van der Waals surface area contributed by atoms with Crippen molar-refractivity contribution >= 4 is 17.5 Å². The van der Waals surface area contributed by atoms with E-state index in [9.17, 15) is 9.59 Å². The molecule has 0 unspecified atom stereocenters. The summed E-state index contributed by atoms with van der Waals surface area (Å²) in [4.78, 5) is 25.8. The van der Waals surface area contributed by atoms with Gasteiger partial charge in [0.05, 0.1) is 0 Å². The molecular weight excluding hydrogens is 318 g/mol. The molecule has 0 bridgehead atoms. The monoisotopic (exact) mass is 345 g/mol. The molecule has 0 aromatic heterocycles. The topological polar surface area (TPSA) is 70.7 Å². The van der Waals surface area contributed by atoms with Crippen LogP contribution in [-0.2, 0) is 9.59 Å². The van der Waals surface area contributed by atoms with E-state index in [1.165, 1.54) is 6.42 Å². The lowest BCUT2D eigenvalue weighted by atomic mass is 9.79. The van der Waals surface area contributed by atoms with Gasteiger partial charge in [-0.25, -0.2) is 0 Å². The molecule has 0 aliphatic carbocycles. The third kappa shape index (κ3) is 4.51. The number of piperidine rings is 1. The SMILES string of the molecule is CCC(=O)Nc1ccc(OCC(=O)N2CCC[C@]3(CCNC3)C2)cc1. The lowest BCUT2D eigenvalue weighted by molar-refractivity contribution is -0.136. The van der Waals surface area contributed by atoms with Gasteiger partial charge in [-0.05, 0) is 50.1 Å². The van der Waals surface area contributed by atoms with Crippen LogP contribution >= 0.6 is 0 Å². The molecule has 2 aliphatic heterocycles. The first-order valence-corrected chi connectivity index (χ1v) is 9.11. The van der Waals surface area contributed by atoms with Gasteiger partial charge in [0, 0.05) is 37.2 Å². The Morgan fingerprint density at radius 2 is 2.08 bits per heavy atom. The Morgan fingerprint density at radius 3 is 2.76 bits per heavy atom. The number of rotatable bonds is 5. The van der Waals surface area contributed by atoms with E-state index in [1.54, 1.807) is 24.3 Å². The van der Waals surface area contributed by atoms with Crippen molar-refractivity contribution < 1.29 is 14.3 Å². The highest BCUT2D eigenvalue weighted by atomic mass is 16.5. The van der Waals surface area contributed by atoms with Crippen molar-refractivity contribution in [2.75, 3.05) is 38.1 Å². The minimum absolute atomic E-state index is 0.0238. The van der Waals surface area contributed by atoms with Gasteiger partial charge in [0.2, 0.25) is 5.91 Å². The van der Waals surface area contributed by atoms with Gasteiger partial charge in [-0.2, -0.15) is 0 Å². The summed E-state index contributed by atoms with van der Waals surface area (Å²) in [5, 5.41) is 6.21. The van der Waals surface area contributed by atoms with Gasteiger partial charge in [0.25, 0.3) is 5.91 Å². The van der Waals surface area contributed by atoms with Crippen molar-refractivity contribution in [2.24, 2.45) is 5.41 Å². The molecule has 0 saturated carbocycles. The quantitative estimate of drug-likeness (QED) is 0.856. The van der Waals surface area contributed by atoms with E-state index in [0.29, 0.717) is 12.2 Å². The Bertz CT molecular complexity index is 609. The van der Waals surface area contributed by atoms with Crippen LogP contribution in [0.1, 0.15) is 32.6 Å². The van der Waals surface area contributed by atoms with Crippen molar-refractivity contribution in [3.63, 3.8) is 0 Å². The first kappa shape index (κ1) is 17.7. The van der Waals surface area contributed by atoms with E-state index in [-0.39, 0.29) is 23.8 Å². The van der Waals surface area contributed by atoms with Crippen LogP contribution in [0.25, 0.3) is 0 Å². The Balaban J connectivity index is 1.49. The fourth-order valence-corrected chi connectivity index (χ4v) is 3.68. The second kappa shape index (κ2) is 7.87. The standard InChI is InChI=1S/C19H27N3O3/c1-2-17(23)21-15-4-6-16(7-5-15)25-12-18(24)22-11-3-8-19(14-22)9-10-20-13-19/h4-7,20H,2-3,8-14H2,1H3,(H,21,23)/t19-/m1/s1. The van der Waals surface area contributed by atoms with Gasteiger partial charge in [-0.1, -0.05) is 6.92 Å². The van der Waals surface area contributed by atoms with Crippen LogP contribution in [0.4, 0.5) is 5.69 Å². The van der Waals surface area contributed by atoms with Gasteiger partial charge in [0.1, 0.15) is 5.75 Å². The number of hydrogen-bond acceptors (Lipinski definition) is 4. The number of likely N-dealkylation sites (tertiary alicyclic amines) is 1. The molecule has 1 spiro atoms. The highest BCUT2D eigenvalue weighted by molar-refractivity contribution is 5.90. The molecule has 1 atom stereocenters. The summed E-state index contributed by atoms with van der Waals surface area (Å²) < 4.78 is 5.64. The lowest BCUT2D eigenvalue weighted by Crippen LogP contribution is -2.48. The predicted octanol–water partition coefficient (Wildman–Crippen LogP) is 2.02. The van der Waals surface area contributed by atoms with Crippen molar-refractivity contribution in [2.45, 2.75) is 32.6 Å². The van der Waals surface area contributed by atoms with Crippen LogP contribution in [0, 0.1) is 5.41 Å². The summed E-state index contributed by atoms with van der Waals surface area (Å²) in [6.45, 7) is 5.60. The number of hydrogen-bond donors (Lipinski definition) is 2. The van der Waals surface area contributed by atoms with E-state index in [2.05, 4.69) is 10.6 Å². The molecular formula is C19H27N3O3. The van der Waals surface area contributed by atoms with Gasteiger partial charge >= 0.3 is 0 Å². The van der Waals surface area contributed by atoms with E-state index < -0.39 is 0 Å². The highest BCUT2D eigenvalue weighted by Gasteiger charge is 2.39. The van der Waals surface area contributed by atoms with Crippen molar-refractivity contribution in [3.8, 4) is 5.75 Å². The Kier molecular flexibility index (Phi) is 5.58. The van der Waals surface area contributed by atoms with Gasteiger partial charge in [-0.3, -0.25) is 9.59 Å². The molecule has 6 nitrogen and oxygen atoms in total. The fraction of sp³-hybridized carbons (Fsp3) is 0.579. The number of benzene rings is 1. The second-order valence-corrected chi connectivity index (χ2v) is 7.06. The first-order valence-electron chi connectivity index (χ1n) is 9.11. The number of amides is 2. The molecule has 6 heteroatoms. The summed E-state index contributed by atoms with van der Waals surface area (Å²) in [6.07, 6.45) is 3.87. The number of nitrogens with zero attached hydrogens (tertiary/aromatic N) is 1. The third-order valence-electron chi connectivity index (χ3n) is 5.17. The molecule has 3 rings (SSSR count). The molecule has 2 amide bonds. The molecule has 2 saturated heterocycles. The summed E-state index contributed by atoms with van der Waals surface area (Å²) >= 11 is 0. The number of carbonyl (C=O) groups excluding carboxylic acids is 2. The van der Waals surface area contributed by atoms with Crippen LogP contribution in [0.3, 0.4) is 0 Å². The first-order chi connectivity index (χ1) is 12.1. The summed E-state index contributed by atoms with van der Waals surface area (Å²) in [6, 6.07) is 7.12. The zero-order valence-corrected chi connectivity index (χ0v) is 14.8. The maximum absolute atomic E-state index is 12.5. The third-order valence-corrected chi connectivity index (χ3v) is 5.17. The minimum atomic E-state index is -0.0238. The predicted molar refractivity (Wildman–Crippen MR) is 96.6 cm³/mol. The van der Waals surface area contributed by atoms with E-state index in [0.717, 1.165) is 44.7 Å². The van der Waals surface area contributed by atoms with Crippen LogP contribution in [-0.4, -0.2) is 49.5 Å². The Labute approximate surface area is 148 Å². The number of anilines is 1. The average molecular weight is 345 g/mol. The maximum atomic E-state index is 12.5. The molecule has 2 heterocycles. The summed E-state index contributed by atoms with van der Waals surface area (Å²) in [7, 11) is 0. The molecule has 0 radical (unpaired) electrons. The molecule has 1 aromatic carbocycles. The minimum Gasteiger partial charge on any atom is -0.484 e. The lowest BCUT2D eigenvalue weighted by Gasteiger charge is -2.40. The Morgan fingerprint density at radius 1 is 1.28 bits per heavy atom. The maximum Gasteiger partial charge on any atom is 0.260 e. The van der Waals surface area contributed by atoms with Crippen molar-refractivity contribution in [3.05, 3.63) is 24.3 Å². The van der Waals surface area contributed by atoms with Crippen LogP contribution in [0.5, 0.6) is 5.75 Å². The number of ether oxygens (including phenoxy) is 1. The summed E-state index contributed by atoms with van der Waals surface area (Å²) in [5.74, 6) is 0.663. The van der Waals surface area contributed by atoms with Gasteiger partial charge in [0.15, 0.2) is 6.61 Å². The average Bonchev–Trinajstić information content (AvgIpc) is 3.08. The molecule has 1 aromatic rings. The molecule has 25 heavy (non-hydrogen) atoms. The molecule has 2 aliphatic rings. The summed E-state index contributed by atoms with van der Waals surface area (Å²) in [5.41, 5.74) is 1.00. The van der Waals surface area contributed by atoms with E-state index >= 15 is 0 Å². The number of carbonyl (C=O) groups is 2. The molecule has 2 fully saturated rings. The highest BCUT2D eigenvalue weighted by Crippen LogP contribution is 2.35. The number of nitrogens with one attached hydrogen (secondary N) is 2. The van der Waals surface area contributed by atoms with Crippen molar-refractivity contribution in [1.82, 2.24) is 10.2 Å². The fourth-order valence-electron chi connectivity index (χ4n) is 3.68. The molecule has 136 valence electrons. The molecule has 2 N–H and O–H groups in total. The van der Waals surface area contributed by atoms with Crippen LogP contribution < -0.4 is 15.4 Å². The van der Waals surface area contributed by atoms with Gasteiger partial charge in [-0.15, -0.1) is 0 Å². The van der Waals surface area contributed by atoms with Crippen molar-refractivity contribution in [1.29, 1.82) is 0 Å². The largest absolute Gasteiger partial charge is 0.484 e. The Hall–Kier alpha value is -2.08. The second-order valence-electron chi connectivity index (χ2n) is 7.06. The zero-order valence-electron chi connectivity index (χ0n) is 14.8. The van der Waals surface area contributed by atoms with Crippen LogP contribution in [0.15, 0.2) is 24.3 Å². The normalized spacial score (nSPS) is 22.8. The van der Waals surface area contributed by atoms with E-state index in [4.69, 9.17) is 4.74 Å². The van der Waals surface area contributed by atoms with Crippen LogP contribution in [0.2, 0.25) is 0 Å². The van der Waals surface area contributed by atoms with E-state index in [1.807, 2.05) is 11.8 Å². The van der Waals surface area contributed by atoms with Gasteiger partial charge < -0.3 is 20.3 Å².